The summed E-state index contributed by atoms with van der Waals surface area (Å²) in [7, 11) is 0. The third-order valence-corrected chi connectivity index (χ3v) is 3.48. The highest BCUT2D eigenvalue weighted by atomic mass is 16.2. The quantitative estimate of drug-likeness (QED) is 0.638. The van der Waals surface area contributed by atoms with Gasteiger partial charge in [0.05, 0.1) is 0 Å². The highest BCUT2D eigenvalue weighted by Gasteiger charge is 2.24. The lowest BCUT2D eigenvalue weighted by Crippen LogP contribution is -2.49. The molecule has 0 aromatic heterocycles. The minimum Gasteiger partial charge on any atom is -0.354 e. The fourth-order valence-electron chi connectivity index (χ4n) is 2.06. The van der Waals surface area contributed by atoms with E-state index in [1.807, 2.05) is 32.9 Å². The smallest absolute Gasteiger partial charge is 0.251 e. The van der Waals surface area contributed by atoms with Crippen molar-refractivity contribution >= 4 is 11.8 Å². The van der Waals surface area contributed by atoms with Gasteiger partial charge in [-0.25, -0.2) is 0 Å². The number of rotatable bonds is 8. The van der Waals surface area contributed by atoms with Crippen molar-refractivity contribution in [2.24, 2.45) is 11.7 Å². The summed E-state index contributed by atoms with van der Waals surface area (Å²) in [5, 5.41) is 5.67. The van der Waals surface area contributed by atoms with E-state index >= 15 is 0 Å². The minimum absolute atomic E-state index is 0.0175. The van der Waals surface area contributed by atoms with E-state index in [9.17, 15) is 9.59 Å². The molecule has 0 spiro atoms. The van der Waals surface area contributed by atoms with Crippen LogP contribution >= 0.6 is 0 Å². The van der Waals surface area contributed by atoms with Crippen LogP contribution in [0.4, 0.5) is 0 Å². The zero-order valence-electron chi connectivity index (χ0n) is 13.7. The lowest BCUT2D eigenvalue weighted by atomic mass is 10.0. The number of carbonyl (C=O) groups excluding carboxylic acids is 2. The molecule has 2 amide bonds. The van der Waals surface area contributed by atoms with Gasteiger partial charge < -0.3 is 16.4 Å². The van der Waals surface area contributed by atoms with E-state index in [2.05, 4.69) is 10.6 Å². The first-order valence-corrected chi connectivity index (χ1v) is 7.81. The first-order valence-electron chi connectivity index (χ1n) is 7.81. The second-order valence-corrected chi connectivity index (χ2v) is 5.85. The van der Waals surface area contributed by atoms with Crippen molar-refractivity contribution in [3.05, 3.63) is 35.4 Å². The Morgan fingerprint density at radius 2 is 1.77 bits per heavy atom. The van der Waals surface area contributed by atoms with Crippen molar-refractivity contribution in [3.8, 4) is 0 Å². The summed E-state index contributed by atoms with van der Waals surface area (Å²) < 4.78 is 0. The van der Waals surface area contributed by atoms with E-state index in [1.54, 1.807) is 12.1 Å². The predicted octanol–water partition coefficient (Wildman–Crippen LogP) is 1.60. The number of nitrogens with one attached hydrogen (secondary N) is 2. The van der Waals surface area contributed by atoms with Crippen LogP contribution in [0.15, 0.2) is 24.3 Å². The minimum atomic E-state index is -0.535. The predicted molar refractivity (Wildman–Crippen MR) is 88.6 cm³/mol. The molecule has 0 bridgehead atoms. The van der Waals surface area contributed by atoms with Crippen LogP contribution in [-0.4, -0.2) is 30.9 Å². The normalized spacial score (nSPS) is 12.0. The lowest BCUT2D eigenvalue weighted by Gasteiger charge is -2.21. The topological polar surface area (TPSA) is 84.2 Å². The van der Waals surface area contributed by atoms with Gasteiger partial charge >= 0.3 is 0 Å². The van der Waals surface area contributed by atoms with Gasteiger partial charge in [0, 0.05) is 12.1 Å². The molecule has 0 saturated heterocycles. The van der Waals surface area contributed by atoms with Crippen LogP contribution in [0.1, 0.15) is 42.6 Å². The lowest BCUT2D eigenvalue weighted by molar-refractivity contribution is -0.123. The zero-order chi connectivity index (χ0) is 16.5. The van der Waals surface area contributed by atoms with Crippen molar-refractivity contribution in [1.29, 1.82) is 0 Å². The van der Waals surface area contributed by atoms with Gasteiger partial charge in [-0.3, -0.25) is 9.59 Å². The molecule has 0 aliphatic rings. The Morgan fingerprint density at radius 3 is 2.32 bits per heavy atom. The highest BCUT2D eigenvalue weighted by molar-refractivity contribution is 5.97. The first kappa shape index (κ1) is 18.2. The number of hydrogen-bond acceptors (Lipinski definition) is 3. The second-order valence-electron chi connectivity index (χ2n) is 5.85. The number of hydrogen-bond donors (Lipinski definition) is 3. The highest BCUT2D eigenvalue weighted by Crippen LogP contribution is 2.07. The van der Waals surface area contributed by atoms with Crippen LogP contribution in [0.25, 0.3) is 0 Å². The monoisotopic (exact) mass is 305 g/mol. The second kappa shape index (κ2) is 9.20. The average Bonchev–Trinajstić information content (AvgIpc) is 2.49. The van der Waals surface area contributed by atoms with Crippen molar-refractivity contribution in [2.45, 2.75) is 39.7 Å². The van der Waals surface area contributed by atoms with Crippen molar-refractivity contribution in [1.82, 2.24) is 10.6 Å². The molecule has 5 nitrogen and oxygen atoms in total. The summed E-state index contributed by atoms with van der Waals surface area (Å²) in [4.78, 5) is 24.5. The molecule has 1 aromatic carbocycles. The number of nitrogens with two attached hydrogens (primary N) is 1. The largest absolute Gasteiger partial charge is 0.354 e. The van der Waals surface area contributed by atoms with Gasteiger partial charge in [0.2, 0.25) is 5.91 Å². The Labute approximate surface area is 132 Å². The fraction of sp³-hybridized carbons (Fsp3) is 0.529. The maximum Gasteiger partial charge on any atom is 0.251 e. The summed E-state index contributed by atoms with van der Waals surface area (Å²) in [5.41, 5.74) is 7.08. The van der Waals surface area contributed by atoms with Crippen LogP contribution in [0, 0.1) is 12.8 Å². The molecule has 0 fully saturated rings. The zero-order valence-corrected chi connectivity index (χ0v) is 13.7. The standard InChI is InChI=1S/C17H27N3O2/c1-12(2)15(17(22)19-11-5-4-10-18)20-16(21)14-8-6-13(3)7-9-14/h6-9,12,15H,4-5,10-11,18H2,1-3H3,(H,19,22)(H,20,21). The van der Waals surface area contributed by atoms with Gasteiger partial charge in [-0.15, -0.1) is 0 Å². The van der Waals surface area contributed by atoms with Gasteiger partial charge in [-0.05, 0) is 44.4 Å². The molecule has 1 unspecified atom stereocenters. The fourth-order valence-corrected chi connectivity index (χ4v) is 2.06. The molecular weight excluding hydrogens is 278 g/mol. The Balaban J connectivity index is 2.61. The Morgan fingerprint density at radius 1 is 1.14 bits per heavy atom. The number of benzene rings is 1. The molecule has 1 rings (SSSR count). The van der Waals surface area contributed by atoms with E-state index < -0.39 is 6.04 Å². The molecule has 4 N–H and O–H groups in total. The Bertz CT molecular complexity index is 483. The summed E-state index contributed by atoms with van der Waals surface area (Å²) in [5.74, 6) is -0.354. The summed E-state index contributed by atoms with van der Waals surface area (Å²) in [6, 6.07) is 6.76. The van der Waals surface area contributed by atoms with Crippen molar-refractivity contribution in [2.75, 3.05) is 13.1 Å². The Kier molecular flexibility index (Phi) is 7.60. The number of carbonyl (C=O) groups is 2. The maximum absolute atomic E-state index is 12.2. The summed E-state index contributed by atoms with van der Waals surface area (Å²) in [6.07, 6.45) is 1.72. The van der Waals surface area contributed by atoms with Crippen LogP contribution in [0.5, 0.6) is 0 Å². The molecular formula is C17H27N3O2. The van der Waals surface area contributed by atoms with Gasteiger partial charge in [0.25, 0.3) is 5.91 Å². The van der Waals surface area contributed by atoms with Crippen LogP contribution in [0.3, 0.4) is 0 Å². The van der Waals surface area contributed by atoms with Crippen LogP contribution in [0.2, 0.25) is 0 Å². The maximum atomic E-state index is 12.2. The molecule has 0 saturated carbocycles. The molecule has 0 heterocycles. The number of aryl methyl sites for hydroxylation is 1. The van der Waals surface area contributed by atoms with Gasteiger partial charge in [0.15, 0.2) is 0 Å². The molecule has 1 aromatic rings. The van der Waals surface area contributed by atoms with Crippen LogP contribution < -0.4 is 16.4 Å². The first-order chi connectivity index (χ1) is 10.5. The number of unbranched alkanes of at least 4 members (excludes halogenated alkanes) is 1. The molecule has 22 heavy (non-hydrogen) atoms. The van der Waals surface area contributed by atoms with Gasteiger partial charge in [-0.2, -0.15) is 0 Å². The molecule has 0 aliphatic carbocycles. The van der Waals surface area contributed by atoms with Gasteiger partial charge in [-0.1, -0.05) is 31.5 Å². The average molecular weight is 305 g/mol. The Hall–Kier alpha value is -1.88. The third kappa shape index (κ3) is 5.85. The van der Waals surface area contributed by atoms with Crippen molar-refractivity contribution in [3.63, 3.8) is 0 Å². The summed E-state index contributed by atoms with van der Waals surface area (Å²) in [6.45, 7) is 7.00. The van der Waals surface area contributed by atoms with E-state index in [0.717, 1.165) is 18.4 Å². The molecule has 5 heteroatoms. The van der Waals surface area contributed by atoms with Crippen LogP contribution in [-0.2, 0) is 4.79 Å². The molecule has 0 aliphatic heterocycles. The molecule has 0 radical (unpaired) electrons. The molecule has 1 atom stereocenters. The number of amides is 2. The van der Waals surface area contributed by atoms with Crippen molar-refractivity contribution < 1.29 is 9.59 Å². The SMILES string of the molecule is Cc1ccc(C(=O)NC(C(=O)NCCCCN)C(C)C)cc1. The molecule has 122 valence electrons. The van der Waals surface area contributed by atoms with Gasteiger partial charge in [0.1, 0.15) is 6.04 Å². The van der Waals surface area contributed by atoms with E-state index in [-0.39, 0.29) is 17.7 Å². The van der Waals surface area contributed by atoms with E-state index in [0.29, 0.717) is 18.7 Å². The van der Waals surface area contributed by atoms with E-state index in [1.165, 1.54) is 0 Å². The van der Waals surface area contributed by atoms with E-state index in [4.69, 9.17) is 5.73 Å². The third-order valence-electron chi connectivity index (χ3n) is 3.48. The summed E-state index contributed by atoms with van der Waals surface area (Å²) >= 11 is 0.